The molecule has 1 unspecified atom stereocenters. The van der Waals surface area contributed by atoms with Crippen LogP contribution in [0.5, 0.6) is 0 Å². The maximum absolute atomic E-state index is 10.9. The molecule has 19 heavy (non-hydrogen) atoms. The first-order valence-electron chi connectivity index (χ1n) is 6.40. The van der Waals surface area contributed by atoms with E-state index in [2.05, 4.69) is 35.9 Å². The zero-order chi connectivity index (χ0) is 13.2. The molecular formula is C17H15NO. The van der Waals surface area contributed by atoms with Crippen molar-refractivity contribution in [3.8, 4) is 0 Å². The van der Waals surface area contributed by atoms with Gasteiger partial charge in [0, 0.05) is 17.3 Å². The molecule has 1 aromatic heterocycles. The van der Waals surface area contributed by atoms with Crippen molar-refractivity contribution < 1.29 is 4.79 Å². The summed E-state index contributed by atoms with van der Waals surface area (Å²) in [5.41, 5.74) is 3.07. The first kappa shape index (κ1) is 11.7. The molecule has 0 bridgehead atoms. The second-order valence-corrected chi connectivity index (χ2v) is 4.75. The molecule has 0 fully saturated rings. The van der Waals surface area contributed by atoms with Crippen LogP contribution in [0, 0.1) is 0 Å². The third-order valence-electron chi connectivity index (χ3n) is 3.58. The molecule has 2 heteroatoms. The zero-order valence-electron chi connectivity index (χ0n) is 10.8. The summed E-state index contributed by atoms with van der Waals surface area (Å²) in [4.78, 5) is 10.9. The van der Waals surface area contributed by atoms with Gasteiger partial charge in [-0.15, -0.1) is 0 Å². The van der Waals surface area contributed by atoms with Crippen molar-refractivity contribution in [3.63, 3.8) is 0 Å². The third-order valence-corrected chi connectivity index (χ3v) is 3.58. The highest BCUT2D eigenvalue weighted by atomic mass is 16.1. The average Bonchev–Trinajstić information content (AvgIpc) is 2.90. The van der Waals surface area contributed by atoms with E-state index in [1.807, 2.05) is 36.4 Å². The van der Waals surface area contributed by atoms with E-state index in [1.165, 1.54) is 5.56 Å². The van der Waals surface area contributed by atoms with Gasteiger partial charge in [-0.05, 0) is 30.0 Å². The minimum atomic E-state index is 0.251. The van der Waals surface area contributed by atoms with Crippen LogP contribution in [0.15, 0.2) is 60.8 Å². The fraction of sp³-hybridized carbons (Fsp3) is 0.118. The molecule has 3 rings (SSSR count). The van der Waals surface area contributed by atoms with Crippen LogP contribution < -0.4 is 0 Å². The largest absolute Gasteiger partial charge is 0.340 e. The van der Waals surface area contributed by atoms with Crippen LogP contribution >= 0.6 is 0 Å². The summed E-state index contributed by atoms with van der Waals surface area (Å²) in [5.74, 6) is 0. The molecule has 2 nitrogen and oxygen atoms in total. The maximum atomic E-state index is 10.9. The fourth-order valence-corrected chi connectivity index (χ4v) is 2.47. The lowest BCUT2D eigenvalue weighted by atomic mass is 10.1. The van der Waals surface area contributed by atoms with E-state index in [0.29, 0.717) is 5.56 Å². The second-order valence-electron chi connectivity index (χ2n) is 4.75. The molecule has 0 N–H and O–H groups in total. The normalized spacial score (nSPS) is 12.5. The van der Waals surface area contributed by atoms with Gasteiger partial charge in [0.2, 0.25) is 0 Å². The highest BCUT2D eigenvalue weighted by molar-refractivity contribution is 5.87. The molecule has 0 aliphatic rings. The van der Waals surface area contributed by atoms with Crippen LogP contribution in [0.1, 0.15) is 28.9 Å². The Kier molecular flexibility index (Phi) is 2.92. The Morgan fingerprint density at radius 2 is 1.84 bits per heavy atom. The molecule has 1 heterocycles. The molecule has 0 amide bonds. The van der Waals surface area contributed by atoms with E-state index in [9.17, 15) is 4.79 Å². The molecule has 0 spiro atoms. The standard InChI is InChI=1S/C17H15NO/c1-13(15-5-3-2-4-6-15)18-10-9-16-8-7-14(12-19)11-17(16)18/h2-13H,1H3. The van der Waals surface area contributed by atoms with Crippen molar-refractivity contribution in [1.82, 2.24) is 4.57 Å². The Morgan fingerprint density at radius 3 is 2.58 bits per heavy atom. The number of hydrogen-bond donors (Lipinski definition) is 0. The summed E-state index contributed by atoms with van der Waals surface area (Å²) in [7, 11) is 0. The number of benzene rings is 2. The monoisotopic (exact) mass is 249 g/mol. The van der Waals surface area contributed by atoms with E-state index in [4.69, 9.17) is 0 Å². The van der Waals surface area contributed by atoms with Gasteiger partial charge in [-0.25, -0.2) is 0 Å². The van der Waals surface area contributed by atoms with Gasteiger partial charge >= 0.3 is 0 Å². The van der Waals surface area contributed by atoms with Gasteiger partial charge in [-0.2, -0.15) is 0 Å². The Hall–Kier alpha value is -2.35. The van der Waals surface area contributed by atoms with E-state index >= 15 is 0 Å². The lowest BCUT2D eigenvalue weighted by Gasteiger charge is -2.16. The summed E-state index contributed by atoms with van der Waals surface area (Å²) < 4.78 is 2.21. The fourth-order valence-electron chi connectivity index (χ4n) is 2.47. The second kappa shape index (κ2) is 4.73. The van der Waals surface area contributed by atoms with Crippen LogP contribution in [0.3, 0.4) is 0 Å². The maximum Gasteiger partial charge on any atom is 0.150 e. The van der Waals surface area contributed by atoms with Crippen LogP contribution in [-0.2, 0) is 0 Å². The van der Waals surface area contributed by atoms with Crippen molar-refractivity contribution in [3.05, 3.63) is 71.9 Å². The van der Waals surface area contributed by atoms with Gasteiger partial charge in [-0.3, -0.25) is 4.79 Å². The average molecular weight is 249 g/mol. The summed E-state index contributed by atoms with van der Waals surface area (Å²) in [6.45, 7) is 2.17. The number of rotatable bonds is 3. The molecular weight excluding hydrogens is 234 g/mol. The first-order chi connectivity index (χ1) is 9.29. The Labute approximate surface area is 112 Å². The van der Waals surface area contributed by atoms with Gasteiger partial charge in [-0.1, -0.05) is 42.5 Å². The molecule has 1 atom stereocenters. The summed E-state index contributed by atoms with van der Waals surface area (Å²) in [6.07, 6.45) is 2.97. The van der Waals surface area contributed by atoms with Gasteiger partial charge in [0.05, 0.1) is 6.04 Å². The highest BCUT2D eigenvalue weighted by Gasteiger charge is 2.10. The van der Waals surface area contributed by atoms with Crippen molar-refractivity contribution in [2.24, 2.45) is 0 Å². The highest BCUT2D eigenvalue weighted by Crippen LogP contribution is 2.25. The SMILES string of the molecule is CC(c1ccccc1)n1ccc2ccc(C=O)cc21. The number of hydrogen-bond acceptors (Lipinski definition) is 1. The lowest BCUT2D eigenvalue weighted by Crippen LogP contribution is -2.05. The predicted octanol–water partition coefficient (Wildman–Crippen LogP) is 4.06. The van der Waals surface area contributed by atoms with Gasteiger partial charge in [0.15, 0.2) is 0 Å². The van der Waals surface area contributed by atoms with E-state index in [1.54, 1.807) is 0 Å². The number of carbonyl (C=O) groups is 1. The van der Waals surface area contributed by atoms with Gasteiger partial charge < -0.3 is 4.57 Å². The van der Waals surface area contributed by atoms with Crippen molar-refractivity contribution >= 4 is 17.2 Å². The zero-order valence-corrected chi connectivity index (χ0v) is 10.8. The molecule has 0 saturated carbocycles. The molecule has 0 aliphatic carbocycles. The van der Waals surface area contributed by atoms with Crippen LogP contribution in [0.25, 0.3) is 10.9 Å². The minimum Gasteiger partial charge on any atom is -0.340 e. The van der Waals surface area contributed by atoms with Crippen molar-refractivity contribution in [1.29, 1.82) is 0 Å². The van der Waals surface area contributed by atoms with Crippen LogP contribution in [-0.4, -0.2) is 10.9 Å². The Balaban J connectivity index is 2.12. The number of nitrogens with zero attached hydrogens (tertiary/aromatic N) is 1. The van der Waals surface area contributed by atoms with Crippen molar-refractivity contribution in [2.45, 2.75) is 13.0 Å². The van der Waals surface area contributed by atoms with E-state index in [0.717, 1.165) is 17.2 Å². The van der Waals surface area contributed by atoms with E-state index in [-0.39, 0.29) is 6.04 Å². The van der Waals surface area contributed by atoms with Gasteiger partial charge in [0.25, 0.3) is 0 Å². The number of aromatic nitrogens is 1. The minimum absolute atomic E-state index is 0.251. The van der Waals surface area contributed by atoms with Crippen LogP contribution in [0.4, 0.5) is 0 Å². The quantitative estimate of drug-likeness (QED) is 0.641. The molecule has 0 saturated heterocycles. The molecule has 3 aromatic rings. The summed E-state index contributed by atoms with van der Waals surface area (Å²) in [6, 6.07) is 18.5. The summed E-state index contributed by atoms with van der Waals surface area (Å²) in [5, 5.41) is 1.16. The third kappa shape index (κ3) is 2.06. The predicted molar refractivity (Wildman–Crippen MR) is 77.6 cm³/mol. The number of carbonyl (C=O) groups excluding carboxylic acids is 1. The van der Waals surface area contributed by atoms with Gasteiger partial charge in [0.1, 0.15) is 6.29 Å². The van der Waals surface area contributed by atoms with Crippen LogP contribution in [0.2, 0.25) is 0 Å². The topological polar surface area (TPSA) is 22.0 Å². The summed E-state index contributed by atoms with van der Waals surface area (Å²) >= 11 is 0. The number of aldehydes is 1. The Bertz CT molecular complexity index is 712. The lowest BCUT2D eigenvalue weighted by molar-refractivity contribution is 0.112. The van der Waals surface area contributed by atoms with E-state index < -0.39 is 0 Å². The van der Waals surface area contributed by atoms with Crippen molar-refractivity contribution in [2.75, 3.05) is 0 Å². The molecule has 0 aliphatic heterocycles. The molecule has 0 radical (unpaired) electrons. The smallest absolute Gasteiger partial charge is 0.150 e. The molecule has 94 valence electrons. The molecule has 2 aromatic carbocycles. The number of fused-ring (bicyclic) bond motifs is 1. The first-order valence-corrected chi connectivity index (χ1v) is 6.40. The Morgan fingerprint density at radius 1 is 1.05 bits per heavy atom.